The maximum absolute atomic E-state index is 13.0. The number of rotatable bonds is 4. The van der Waals surface area contributed by atoms with E-state index in [0.717, 1.165) is 0 Å². The van der Waals surface area contributed by atoms with Crippen molar-refractivity contribution in [1.29, 1.82) is 0 Å². The van der Waals surface area contributed by atoms with Gasteiger partial charge < -0.3 is 14.7 Å². The van der Waals surface area contributed by atoms with Gasteiger partial charge in [0, 0.05) is 31.2 Å². The van der Waals surface area contributed by atoms with E-state index in [0.29, 0.717) is 50.5 Å². The number of hydrogen-bond acceptors (Lipinski definition) is 4. The van der Waals surface area contributed by atoms with Gasteiger partial charge in [0.15, 0.2) is 0 Å². The molecule has 2 aliphatic rings. The number of carbonyl (C=O) groups is 1. The Morgan fingerprint density at radius 3 is 2.62 bits per heavy atom. The predicted octanol–water partition coefficient (Wildman–Crippen LogP) is 1.32. The monoisotopic (exact) mass is 355 g/mol. The van der Waals surface area contributed by atoms with Gasteiger partial charge in [0.1, 0.15) is 5.82 Å². The quantitative estimate of drug-likeness (QED) is 0.885. The lowest BCUT2D eigenvalue weighted by atomic mass is 9.79. The molecule has 2 atom stereocenters. The first kappa shape index (κ1) is 17.5. The van der Waals surface area contributed by atoms with Crippen LogP contribution in [0.2, 0.25) is 0 Å². The molecule has 0 aromatic heterocycles. The summed E-state index contributed by atoms with van der Waals surface area (Å²) in [5.41, 5.74) is -0.759. The summed E-state index contributed by atoms with van der Waals surface area (Å²) in [6.07, 6.45) is 1.68. The molecule has 0 saturated carbocycles. The standard InChI is InChI=1S/C17H22FNO4S/c18-13-1-3-14(4-2-13)24(22)15-5-8-19(11-15)16(21)17(12-20)6-9-23-10-7-17/h1-4,15,20H,5-12H2. The highest BCUT2D eigenvalue weighted by atomic mass is 32.2. The molecule has 2 heterocycles. The average Bonchev–Trinajstić information content (AvgIpc) is 3.11. The zero-order valence-electron chi connectivity index (χ0n) is 13.4. The summed E-state index contributed by atoms with van der Waals surface area (Å²) in [6.45, 7) is 1.72. The van der Waals surface area contributed by atoms with Crippen molar-refractivity contribution < 1.29 is 23.2 Å². The Morgan fingerprint density at radius 1 is 1.33 bits per heavy atom. The van der Waals surface area contributed by atoms with Gasteiger partial charge in [-0.05, 0) is 43.5 Å². The van der Waals surface area contributed by atoms with Crippen molar-refractivity contribution in [1.82, 2.24) is 4.90 Å². The average molecular weight is 355 g/mol. The van der Waals surface area contributed by atoms with Crippen LogP contribution < -0.4 is 0 Å². The number of nitrogens with zero attached hydrogens (tertiary/aromatic N) is 1. The molecule has 0 radical (unpaired) electrons. The lowest BCUT2D eigenvalue weighted by Crippen LogP contribution is -2.48. The highest BCUT2D eigenvalue weighted by Crippen LogP contribution is 2.34. The van der Waals surface area contributed by atoms with Crippen molar-refractivity contribution in [3.63, 3.8) is 0 Å². The molecule has 2 aliphatic heterocycles. The Kier molecular flexibility index (Phi) is 5.32. The van der Waals surface area contributed by atoms with E-state index in [1.807, 2.05) is 0 Å². The second-order valence-corrected chi connectivity index (χ2v) is 8.20. The number of aliphatic hydroxyl groups is 1. The summed E-state index contributed by atoms with van der Waals surface area (Å²) < 4.78 is 30.9. The Hall–Kier alpha value is -1.31. The van der Waals surface area contributed by atoms with Gasteiger partial charge in [-0.1, -0.05) is 0 Å². The zero-order chi connectivity index (χ0) is 17.2. The first-order chi connectivity index (χ1) is 11.6. The maximum atomic E-state index is 13.0. The number of ether oxygens (including phenoxy) is 1. The third-order valence-electron chi connectivity index (χ3n) is 4.99. The van der Waals surface area contributed by atoms with Crippen LogP contribution in [0.25, 0.3) is 0 Å². The molecular formula is C17H22FNO4S. The third kappa shape index (κ3) is 3.38. The van der Waals surface area contributed by atoms with Crippen LogP contribution in [0.1, 0.15) is 19.3 Å². The number of carbonyl (C=O) groups excluding carboxylic acids is 1. The van der Waals surface area contributed by atoms with Gasteiger partial charge in [0.05, 0.1) is 28.1 Å². The van der Waals surface area contributed by atoms with Crippen LogP contribution in [-0.2, 0) is 20.3 Å². The van der Waals surface area contributed by atoms with E-state index in [1.54, 1.807) is 4.90 Å². The number of hydrogen-bond donors (Lipinski definition) is 1. The van der Waals surface area contributed by atoms with Crippen LogP contribution >= 0.6 is 0 Å². The van der Waals surface area contributed by atoms with Gasteiger partial charge >= 0.3 is 0 Å². The minimum Gasteiger partial charge on any atom is -0.395 e. The molecule has 1 aromatic rings. The summed E-state index contributed by atoms with van der Waals surface area (Å²) >= 11 is 0. The smallest absolute Gasteiger partial charge is 0.231 e. The van der Waals surface area contributed by atoms with Crippen LogP contribution in [-0.4, -0.2) is 58.3 Å². The van der Waals surface area contributed by atoms with Gasteiger partial charge in [-0.25, -0.2) is 4.39 Å². The summed E-state index contributed by atoms with van der Waals surface area (Å²) in [5.74, 6) is -0.421. The number of halogens is 1. The molecule has 132 valence electrons. The molecule has 5 nitrogen and oxygen atoms in total. The van der Waals surface area contributed by atoms with E-state index >= 15 is 0 Å². The van der Waals surface area contributed by atoms with E-state index in [9.17, 15) is 18.5 Å². The first-order valence-electron chi connectivity index (χ1n) is 8.20. The van der Waals surface area contributed by atoms with Gasteiger partial charge in [0.25, 0.3) is 0 Å². The number of amides is 1. The molecule has 1 N–H and O–H groups in total. The summed E-state index contributed by atoms with van der Waals surface area (Å²) in [4.78, 5) is 15.2. The Labute approximate surface area is 143 Å². The minimum atomic E-state index is -1.27. The normalized spacial score (nSPS) is 24.8. The highest BCUT2D eigenvalue weighted by molar-refractivity contribution is 7.85. The second-order valence-electron chi connectivity index (χ2n) is 6.46. The van der Waals surface area contributed by atoms with E-state index in [-0.39, 0.29) is 23.6 Å². The van der Waals surface area contributed by atoms with Crippen LogP contribution in [0.15, 0.2) is 29.2 Å². The van der Waals surface area contributed by atoms with Crippen molar-refractivity contribution in [3.05, 3.63) is 30.1 Å². The van der Waals surface area contributed by atoms with E-state index in [2.05, 4.69) is 0 Å². The van der Waals surface area contributed by atoms with Crippen molar-refractivity contribution in [2.75, 3.05) is 32.9 Å². The SMILES string of the molecule is O=C(N1CCC(S(=O)c2ccc(F)cc2)C1)C1(CO)CCOCC1. The van der Waals surface area contributed by atoms with Gasteiger partial charge in [-0.2, -0.15) is 0 Å². The molecule has 2 fully saturated rings. The fourth-order valence-corrected chi connectivity index (χ4v) is 4.81. The molecule has 0 spiro atoms. The summed E-state index contributed by atoms with van der Waals surface area (Å²) in [5, 5.41) is 9.60. The van der Waals surface area contributed by atoms with Crippen molar-refractivity contribution >= 4 is 16.7 Å². The number of aliphatic hydroxyl groups excluding tert-OH is 1. The first-order valence-corrected chi connectivity index (χ1v) is 9.41. The van der Waals surface area contributed by atoms with Gasteiger partial charge in [-0.15, -0.1) is 0 Å². The lowest BCUT2D eigenvalue weighted by Gasteiger charge is -2.37. The molecule has 1 aromatic carbocycles. The molecule has 2 saturated heterocycles. The third-order valence-corrected chi connectivity index (χ3v) is 6.71. The fourth-order valence-electron chi connectivity index (χ4n) is 3.39. The zero-order valence-corrected chi connectivity index (χ0v) is 14.3. The number of likely N-dealkylation sites (tertiary alicyclic amines) is 1. The van der Waals surface area contributed by atoms with Gasteiger partial charge in [0.2, 0.25) is 5.91 Å². The molecular weight excluding hydrogens is 333 g/mol. The van der Waals surface area contributed by atoms with Crippen molar-refractivity contribution in [2.45, 2.75) is 29.4 Å². The van der Waals surface area contributed by atoms with E-state index in [1.165, 1.54) is 24.3 Å². The Bertz CT molecular complexity index is 616. The van der Waals surface area contributed by atoms with Crippen LogP contribution in [0.3, 0.4) is 0 Å². The molecule has 0 aliphatic carbocycles. The minimum absolute atomic E-state index is 0.0630. The van der Waals surface area contributed by atoms with Crippen molar-refractivity contribution in [3.8, 4) is 0 Å². The molecule has 0 bridgehead atoms. The summed E-state index contributed by atoms with van der Waals surface area (Å²) in [7, 11) is -1.27. The van der Waals surface area contributed by atoms with E-state index in [4.69, 9.17) is 4.74 Å². The van der Waals surface area contributed by atoms with E-state index < -0.39 is 16.2 Å². The molecule has 24 heavy (non-hydrogen) atoms. The van der Waals surface area contributed by atoms with Crippen LogP contribution in [0.4, 0.5) is 4.39 Å². The largest absolute Gasteiger partial charge is 0.395 e. The van der Waals surface area contributed by atoms with Crippen LogP contribution in [0.5, 0.6) is 0 Å². The van der Waals surface area contributed by atoms with Crippen molar-refractivity contribution in [2.24, 2.45) is 5.41 Å². The topological polar surface area (TPSA) is 66.8 Å². The molecule has 3 rings (SSSR count). The molecule has 7 heteroatoms. The Morgan fingerprint density at radius 2 is 2.00 bits per heavy atom. The Balaban J connectivity index is 1.67. The fraction of sp³-hybridized carbons (Fsp3) is 0.588. The predicted molar refractivity (Wildman–Crippen MR) is 87.4 cm³/mol. The molecule has 1 amide bonds. The lowest BCUT2D eigenvalue weighted by molar-refractivity contribution is -0.150. The maximum Gasteiger partial charge on any atom is 0.231 e. The molecule has 2 unspecified atom stereocenters. The van der Waals surface area contributed by atoms with Crippen LogP contribution in [0, 0.1) is 11.2 Å². The highest BCUT2D eigenvalue weighted by Gasteiger charge is 2.44. The second kappa shape index (κ2) is 7.29. The number of benzene rings is 1. The van der Waals surface area contributed by atoms with Gasteiger partial charge in [-0.3, -0.25) is 9.00 Å². The summed E-state index contributed by atoms with van der Waals surface area (Å²) in [6, 6.07) is 5.66.